The summed E-state index contributed by atoms with van der Waals surface area (Å²) in [5.74, 6) is 1.28. The molecule has 8 heteroatoms. The molecule has 3 aromatic carbocycles. The number of nitrogens with zero attached hydrogens (tertiary/aromatic N) is 1. The van der Waals surface area contributed by atoms with E-state index in [2.05, 4.69) is 9.71 Å². The highest BCUT2D eigenvalue weighted by molar-refractivity contribution is 7.94. The number of fused-ring (bicyclic) bond motifs is 2. The van der Waals surface area contributed by atoms with Crippen LogP contribution in [0.1, 0.15) is 16.7 Å². The lowest BCUT2D eigenvalue weighted by atomic mass is 9.99. The molecule has 0 aliphatic heterocycles. The fourth-order valence-corrected chi connectivity index (χ4v) is 6.67. The smallest absolute Gasteiger partial charge is 0.271 e. The molecule has 0 radical (unpaired) electrons. The Morgan fingerprint density at radius 1 is 0.943 bits per heavy atom. The molecule has 2 aromatic heterocycles. The first kappa shape index (κ1) is 23.1. The summed E-state index contributed by atoms with van der Waals surface area (Å²) in [5.41, 5.74) is 4.40. The fourth-order valence-electron chi connectivity index (χ4n) is 4.14. The molecule has 1 N–H and O–H groups in total. The maximum atomic E-state index is 13.0. The number of thiophene rings is 1. The Hall–Kier alpha value is -3.62. The van der Waals surface area contributed by atoms with Gasteiger partial charge in [-0.25, -0.2) is 8.42 Å². The molecule has 2 heterocycles. The van der Waals surface area contributed by atoms with Crippen LogP contribution in [-0.2, 0) is 16.4 Å². The number of hydrogen-bond acceptors (Lipinski definition) is 6. The van der Waals surface area contributed by atoms with E-state index in [0.29, 0.717) is 27.8 Å². The van der Waals surface area contributed by atoms with Gasteiger partial charge in [-0.2, -0.15) is 0 Å². The van der Waals surface area contributed by atoms with Crippen molar-refractivity contribution in [2.45, 2.75) is 17.6 Å². The van der Waals surface area contributed by atoms with E-state index in [4.69, 9.17) is 9.47 Å². The number of anilines is 1. The van der Waals surface area contributed by atoms with Crippen LogP contribution in [0.3, 0.4) is 0 Å². The summed E-state index contributed by atoms with van der Waals surface area (Å²) in [5, 5.41) is 1.90. The van der Waals surface area contributed by atoms with Gasteiger partial charge < -0.3 is 9.47 Å². The first-order valence-corrected chi connectivity index (χ1v) is 13.3. The summed E-state index contributed by atoms with van der Waals surface area (Å²) < 4.78 is 40.9. The molecule has 0 fully saturated rings. The van der Waals surface area contributed by atoms with E-state index >= 15 is 0 Å². The molecule has 0 saturated heterocycles. The van der Waals surface area contributed by atoms with Crippen LogP contribution in [0.5, 0.6) is 11.5 Å². The summed E-state index contributed by atoms with van der Waals surface area (Å²) in [7, 11) is -0.461. The van der Waals surface area contributed by atoms with Crippen LogP contribution in [0.15, 0.2) is 77.1 Å². The highest BCUT2D eigenvalue weighted by Gasteiger charge is 2.19. The molecule has 0 aliphatic rings. The minimum absolute atomic E-state index is 0.301. The average Bonchev–Trinajstić information content (AvgIpc) is 3.30. The Kier molecular flexibility index (Phi) is 6.08. The minimum atomic E-state index is -3.68. The predicted octanol–water partition coefficient (Wildman–Crippen LogP) is 6.17. The Labute approximate surface area is 208 Å². The lowest BCUT2D eigenvalue weighted by Crippen LogP contribution is -2.12. The number of hydrogen-bond donors (Lipinski definition) is 1. The van der Waals surface area contributed by atoms with Gasteiger partial charge in [-0.1, -0.05) is 30.3 Å². The third kappa shape index (κ3) is 4.54. The Morgan fingerprint density at radius 3 is 2.46 bits per heavy atom. The molecule has 0 aliphatic carbocycles. The van der Waals surface area contributed by atoms with Gasteiger partial charge in [0, 0.05) is 22.3 Å². The Morgan fingerprint density at radius 2 is 1.71 bits per heavy atom. The third-order valence-corrected chi connectivity index (χ3v) is 8.89. The molecule has 0 unspecified atom stereocenters. The SMILES string of the molecule is COc1cc2nccc(Cc3ccc(NS(=O)(=O)c4cc5ccccc5s4)c(C)c3)c2cc1OC. The molecule has 35 heavy (non-hydrogen) atoms. The van der Waals surface area contributed by atoms with Crippen molar-refractivity contribution < 1.29 is 17.9 Å². The van der Waals surface area contributed by atoms with E-state index in [1.165, 1.54) is 11.3 Å². The second kappa shape index (κ2) is 9.20. The molecule has 0 bridgehead atoms. The predicted molar refractivity (Wildman–Crippen MR) is 141 cm³/mol. The van der Waals surface area contributed by atoms with Gasteiger partial charge in [0.05, 0.1) is 25.4 Å². The number of aromatic nitrogens is 1. The van der Waals surface area contributed by atoms with Crippen LogP contribution < -0.4 is 14.2 Å². The van der Waals surface area contributed by atoms with Crippen molar-refractivity contribution in [2.24, 2.45) is 0 Å². The van der Waals surface area contributed by atoms with Crippen LogP contribution in [0.2, 0.25) is 0 Å². The summed E-state index contributed by atoms with van der Waals surface area (Å²) in [6.07, 6.45) is 2.45. The summed E-state index contributed by atoms with van der Waals surface area (Å²) in [6.45, 7) is 1.91. The number of rotatable bonds is 7. The van der Waals surface area contributed by atoms with Gasteiger partial charge in [0.2, 0.25) is 0 Å². The monoisotopic (exact) mass is 504 g/mol. The molecule has 178 valence electrons. The first-order chi connectivity index (χ1) is 16.9. The van der Waals surface area contributed by atoms with E-state index in [9.17, 15) is 8.42 Å². The van der Waals surface area contributed by atoms with E-state index in [1.54, 1.807) is 26.5 Å². The fraction of sp³-hybridized carbons (Fsp3) is 0.148. The van der Waals surface area contributed by atoms with Gasteiger partial charge in [0.1, 0.15) is 4.21 Å². The number of nitrogens with one attached hydrogen (secondary N) is 1. The molecule has 5 aromatic rings. The maximum absolute atomic E-state index is 13.0. The second-order valence-electron chi connectivity index (χ2n) is 8.23. The zero-order valence-corrected chi connectivity index (χ0v) is 21.2. The topological polar surface area (TPSA) is 77.5 Å². The highest BCUT2D eigenvalue weighted by atomic mass is 32.2. The van der Waals surface area contributed by atoms with Crippen LogP contribution >= 0.6 is 11.3 Å². The zero-order chi connectivity index (χ0) is 24.6. The van der Waals surface area contributed by atoms with Crippen molar-refractivity contribution in [3.63, 3.8) is 0 Å². The van der Waals surface area contributed by atoms with Gasteiger partial charge in [-0.15, -0.1) is 11.3 Å². The normalized spacial score (nSPS) is 11.6. The van der Waals surface area contributed by atoms with E-state index in [-0.39, 0.29) is 0 Å². The third-order valence-electron chi connectivity index (χ3n) is 5.93. The van der Waals surface area contributed by atoms with Crippen molar-refractivity contribution in [2.75, 3.05) is 18.9 Å². The molecular formula is C27H24N2O4S2. The summed E-state index contributed by atoms with van der Waals surface area (Å²) in [6, 6.07) is 20.9. The van der Waals surface area contributed by atoms with E-state index in [0.717, 1.165) is 37.7 Å². The molecule has 0 spiro atoms. The lowest BCUT2D eigenvalue weighted by molar-refractivity contribution is 0.356. The summed E-state index contributed by atoms with van der Waals surface area (Å²) in [4.78, 5) is 4.47. The molecule has 0 saturated carbocycles. The molecule has 0 atom stereocenters. The van der Waals surface area contributed by atoms with Crippen LogP contribution in [0.25, 0.3) is 21.0 Å². The molecule has 5 rings (SSSR count). The molecule has 0 amide bonds. The number of benzene rings is 3. The van der Waals surface area contributed by atoms with Crippen molar-refractivity contribution >= 4 is 48.0 Å². The van der Waals surface area contributed by atoms with Crippen LogP contribution in [-0.4, -0.2) is 27.6 Å². The molecular weight excluding hydrogens is 480 g/mol. The van der Waals surface area contributed by atoms with Crippen LogP contribution in [0.4, 0.5) is 5.69 Å². The van der Waals surface area contributed by atoms with Gasteiger partial charge in [-0.05, 0) is 65.8 Å². The van der Waals surface area contributed by atoms with Crippen molar-refractivity contribution in [3.05, 3.63) is 89.6 Å². The van der Waals surface area contributed by atoms with Gasteiger partial charge in [0.15, 0.2) is 11.5 Å². The standard InChI is InChI=1S/C27H24N2O4S2/c1-17-12-18(13-19-10-11-28-23-16-25(33-3)24(32-2)15-21(19)23)8-9-22(17)29-35(30,31)27-14-20-6-4-5-7-26(20)34-27/h4-12,14-16,29H,13H2,1-3H3. The number of pyridine rings is 1. The Balaban J connectivity index is 1.42. The largest absolute Gasteiger partial charge is 0.493 e. The van der Waals surface area contributed by atoms with E-state index < -0.39 is 10.0 Å². The van der Waals surface area contributed by atoms with Gasteiger partial charge >= 0.3 is 0 Å². The first-order valence-electron chi connectivity index (χ1n) is 11.0. The number of sulfonamides is 1. The quantitative estimate of drug-likeness (QED) is 0.287. The van der Waals surface area contributed by atoms with E-state index in [1.807, 2.05) is 67.6 Å². The molecule has 6 nitrogen and oxygen atoms in total. The highest BCUT2D eigenvalue weighted by Crippen LogP contribution is 2.34. The average molecular weight is 505 g/mol. The summed E-state index contributed by atoms with van der Waals surface area (Å²) >= 11 is 1.27. The van der Waals surface area contributed by atoms with Crippen LogP contribution in [0, 0.1) is 6.92 Å². The van der Waals surface area contributed by atoms with Gasteiger partial charge in [-0.3, -0.25) is 9.71 Å². The maximum Gasteiger partial charge on any atom is 0.271 e. The number of ether oxygens (including phenoxy) is 2. The van der Waals surface area contributed by atoms with Crippen molar-refractivity contribution in [3.8, 4) is 11.5 Å². The number of methoxy groups -OCH3 is 2. The zero-order valence-electron chi connectivity index (χ0n) is 19.5. The number of aryl methyl sites for hydroxylation is 1. The van der Waals surface area contributed by atoms with Crippen molar-refractivity contribution in [1.82, 2.24) is 4.98 Å². The second-order valence-corrected chi connectivity index (χ2v) is 11.2. The minimum Gasteiger partial charge on any atom is -0.493 e. The Bertz CT molecular complexity index is 1630. The lowest BCUT2D eigenvalue weighted by Gasteiger charge is -2.13. The van der Waals surface area contributed by atoms with Crippen molar-refractivity contribution in [1.29, 1.82) is 0 Å². The van der Waals surface area contributed by atoms with Gasteiger partial charge in [0.25, 0.3) is 10.0 Å².